The van der Waals surface area contributed by atoms with E-state index in [4.69, 9.17) is 0 Å². The van der Waals surface area contributed by atoms with Crippen LogP contribution < -0.4 is 5.32 Å². The molecule has 0 bridgehead atoms. The van der Waals surface area contributed by atoms with Gasteiger partial charge in [0.1, 0.15) is 0 Å². The van der Waals surface area contributed by atoms with Crippen molar-refractivity contribution in [3.05, 3.63) is 17.0 Å². The van der Waals surface area contributed by atoms with Crippen LogP contribution in [-0.4, -0.2) is 41.3 Å². The van der Waals surface area contributed by atoms with Crippen LogP contribution in [0, 0.1) is 13.8 Å². The molecule has 0 unspecified atom stereocenters. The molecule has 0 aromatic carbocycles. The van der Waals surface area contributed by atoms with Gasteiger partial charge in [-0.3, -0.25) is 5.10 Å². The fraction of sp³-hybridized carbons (Fsp3) is 0.812. The molecular weight excluding hydrogens is 248 g/mol. The standard InChI is InChI=1S/C16H30N4/c1-13-16(14(2)19-18-13)12-17-10-7-11-20(3)15-8-5-4-6-9-15/h15,17H,4-12H2,1-3H3,(H,18,19). The molecule has 1 fully saturated rings. The normalized spacial score (nSPS) is 17.0. The van der Waals surface area contributed by atoms with Gasteiger partial charge in [0.05, 0.1) is 5.69 Å². The Labute approximate surface area is 123 Å². The molecule has 1 aromatic rings. The number of aromatic nitrogens is 2. The molecule has 2 N–H and O–H groups in total. The molecule has 0 atom stereocenters. The second-order valence-corrected chi connectivity index (χ2v) is 6.22. The number of aromatic amines is 1. The van der Waals surface area contributed by atoms with Crippen molar-refractivity contribution in [3.63, 3.8) is 0 Å². The summed E-state index contributed by atoms with van der Waals surface area (Å²) in [4.78, 5) is 2.56. The van der Waals surface area contributed by atoms with E-state index in [1.165, 1.54) is 56.3 Å². The highest BCUT2D eigenvalue weighted by Gasteiger charge is 2.17. The van der Waals surface area contributed by atoms with Crippen LogP contribution in [0.5, 0.6) is 0 Å². The minimum absolute atomic E-state index is 0.835. The van der Waals surface area contributed by atoms with Crippen LogP contribution >= 0.6 is 0 Å². The topological polar surface area (TPSA) is 44.0 Å². The van der Waals surface area contributed by atoms with Crippen LogP contribution in [0.1, 0.15) is 55.5 Å². The molecule has 0 amide bonds. The molecule has 0 radical (unpaired) electrons. The minimum atomic E-state index is 0.835. The lowest BCUT2D eigenvalue weighted by Crippen LogP contribution is -2.35. The maximum atomic E-state index is 4.23. The molecular formula is C16H30N4. The molecule has 1 aromatic heterocycles. The van der Waals surface area contributed by atoms with Gasteiger partial charge in [0, 0.05) is 23.8 Å². The van der Waals surface area contributed by atoms with Crippen molar-refractivity contribution in [2.24, 2.45) is 0 Å². The zero-order chi connectivity index (χ0) is 14.4. The fourth-order valence-electron chi connectivity index (χ4n) is 3.21. The zero-order valence-corrected chi connectivity index (χ0v) is 13.3. The van der Waals surface area contributed by atoms with E-state index >= 15 is 0 Å². The van der Waals surface area contributed by atoms with Crippen molar-refractivity contribution in [1.29, 1.82) is 0 Å². The largest absolute Gasteiger partial charge is 0.312 e. The lowest BCUT2D eigenvalue weighted by molar-refractivity contribution is 0.189. The Morgan fingerprint density at radius 2 is 2.00 bits per heavy atom. The van der Waals surface area contributed by atoms with Gasteiger partial charge in [-0.2, -0.15) is 5.10 Å². The third kappa shape index (κ3) is 4.32. The van der Waals surface area contributed by atoms with Crippen molar-refractivity contribution in [3.8, 4) is 0 Å². The Morgan fingerprint density at radius 1 is 1.25 bits per heavy atom. The summed E-state index contributed by atoms with van der Waals surface area (Å²) in [5, 5.41) is 10.8. The van der Waals surface area contributed by atoms with Gasteiger partial charge in [0.15, 0.2) is 0 Å². The number of nitrogens with one attached hydrogen (secondary N) is 2. The van der Waals surface area contributed by atoms with Crippen LogP contribution in [0.4, 0.5) is 0 Å². The van der Waals surface area contributed by atoms with E-state index in [1.807, 2.05) is 0 Å². The van der Waals surface area contributed by atoms with Gasteiger partial charge in [-0.1, -0.05) is 19.3 Å². The Morgan fingerprint density at radius 3 is 2.65 bits per heavy atom. The van der Waals surface area contributed by atoms with Crippen molar-refractivity contribution in [2.75, 3.05) is 20.1 Å². The predicted molar refractivity (Wildman–Crippen MR) is 83.9 cm³/mol. The van der Waals surface area contributed by atoms with Crippen molar-refractivity contribution >= 4 is 0 Å². The first kappa shape index (κ1) is 15.5. The van der Waals surface area contributed by atoms with Crippen molar-refractivity contribution in [1.82, 2.24) is 20.4 Å². The smallest absolute Gasteiger partial charge is 0.0638 e. The highest BCUT2D eigenvalue weighted by atomic mass is 15.1. The number of hydrogen-bond acceptors (Lipinski definition) is 3. The summed E-state index contributed by atoms with van der Waals surface area (Å²) in [6.45, 7) is 7.38. The van der Waals surface area contributed by atoms with E-state index < -0.39 is 0 Å². The maximum absolute atomic E-state index is 4.23. The van der Waals surface area contributed by atoms with Crippen LogP contribution in [0.25, 0.3) is 0 Å². The molecule has 0 saturated heterocycles. The van der Waals surface area contributed by atoms with E-state index in [2.05, 4.69) is 41.3 Å². The van der Waals surface area contributed by atoms with Crippen LogP contribution in [0.15, 0.2) is 0 Å². The number of rotatable bonds is 7. The summed E-state index contributed by atoms with van der Waals surface area (Å²) in [5.74, 6) is 0. The lowest BCUT2D eigenvalue weighted by atomic mass is 9.94. The molecule has 114 valence electrons. The molecule has 0 spiro atoms. The van der Waals surface area contributed by atoms with E-state index in [-0.39, 0.29) is 0 Å². The Bertz CT molecular complexity index is 374. The highest BCUT2D eigenvalue weighted by Crippen LogP contribution is 2.21. The number of nitrogens with zero attached hydrogens (tertiary/aromatic N) is 2. The molecule has 2 rings (SSSR count). The molecule has 4 heteroatoms. The van der Waals surface area contributed by atoms with Gasteiger partial charge in [-0.25, -0.2) is 0 Å². The summed E-state index contributed by atoms with van der Waals surface area (Å²) in [6.07, 6.45) is 8.31. The van der Waals surface area contributed by atoms with Gasteiger partial charge in [-0.05, 0) is 53.2 Å². The highest BCUT2D eigenvalue weighted by molar-refractivity contribution is 5.22. The maximum Gasteiger partial charge on any atom is 0.0638 e. The summed E-state index contributed by atoms with van der Waals surface area (Å²) < 4.78 is 0. The minimum Gasteiger partial charge on any atom is -0.312 e. The van der Waals surface area contributed by atoms with E-state index in [9.17, 15) is 0 Å². The van der Waals surface area contributed by atoms with E-state index in [0.717, 1.165) is 24.8 Å². The summed E-state index contributed by atoms with van der Waals surface area (Å²) in [6, 6.07) is 0.835. The summed E-state index contributed by atoms with van der Waals surface area (Å²) in [7, 11) is 2.29. The second-order valence-electron chi connectivity index (χ2n) is 6.22. The molecule has 1 heterocycles. The average molecular weight is 278 g/mol. The van der Waals surface area contributed by atoms with Gasteiger partial charge < -0.3 is 10.2 Å². The van der Waals surface area contributed by atoms with Gasteiger partial charge >= 0.3 is 0 Å². The Hall–Kier alpha value is -0.870. The van der Waals surface area contributed by atoms with Gasteiger partial charge in [0.25, 0.3) is 0 Å². The monoisotopic (exact) mass is 278 g/mol. The first-order valence-electron chi connectivity index (χ1n) is 8.10. The molecule has 0 aliphatic heterocycles. The fourth-order valence-corrected chi connectivity index (χ4v) is 3.21. The average Bonchev–Trinajstić information content (AvgIpc) is 2.79. The zero-order valence-electron chi connectivity index (χ0n) is 13.3. The second kappa shape index (κ2) is 7.79. The molecule has 20 heavy (non-hydrogen) atoms. The van der Waals surface area contributed by atoms with E-state index in [0.29, 0.717) is 0 Å². The van der Waals surface area contributed by atoms with Crippen LogP contribution in [-0.2, 0) is 6.54 Å². The summed E-state index contributed by atoms with van der Waals surface area (Å²) in [5.41, 5.74) is 3.63. The number of hydrogen-bond donors (Lipinski definition) is 2. The number of aryl methyl sites for hydroxylation is 2. The molecule has 1 aliphatic carbocycles. The van der Waals surface area contributed by atoms with Crippen molar-refractivity contribution in [2.45, 2.75) is 65.0 Å². The SMILES string of the molecule is Cc1n[nH]c(C)c1CNCCCN(C)C1CCCCC1. The third-order valence-electron chi connectivity index (χ3n) is 4.64. The molecule has 1 saturated carbocycles. The Kier molecular flexibility index (Phi) is 6.05. The molecule has 4 nitrogen and oxygen atoms in total. The van der Waals surface area contributed by atoms with Gasteiger partial charge in [0.2, 0.25) is 0 Å². The lowest BCUT2D eigenvalue weighted by Gasteiger charge is -2.31. The van der Waals surface area contributed by atoms with Crippen LogP contribution in [0.3, 0.4) is 0 Å². The third-order valence-corrected chi connectivity index (χ3v) is 4.64. The first-order valence-corrected chi connectivity index (χ1v) is 8.10. The predicted octanol–water partition coefficient (Wildman–Crippen LogP) is 2.77. The van der Waals surface area contributed by atoms with E-state index in [1.54, 1.807) is 0 Å². The molecule has 1 aliphatic rings. The first-order chi connectivity index (χ1) is 9.68. The Balaban J connectivity index is 1.59. The quantitative estimate of drug-likeness (QED) is 0.754. The summed E-state index contributed by atoms with van der Waals surface area (Å²) >= 11 is 0. The van der Waals surface area contributed by atoms with Crippen molar-refractivity contribution < 1.29 is 0 Å². The number of H-pyrrole nitrogens is 1. The van der Waals surface area contributed by atoms with Gasteiger partial charge in [-0.15, -0.1) is 0 Å². The van der Waals surface area contributed by atoms with Crippen LogP contribution in [0.2, 0.25) is 0 Å².